The maximum atomic E-state index is 13.0. The molecular formula is C29H36N4O6. The summed E-state index contributed by atoms with van der Waals surface area (Å²) in [4.78, 5) is 40.2. The number of ether oxygens (including phenoxy) is 2. The van der Waals surface area contributed by atoms with E-state index in [4.69, 9.17) is 9.47 Å². The van der Waals surface area contributed by atoms with E-state index < -0.39 is 23.2 Å². The predicted molar refractivity (Wildman–Crippen MR) is 147 cm³/mol. The molecule has 0 aliphatic carbocycles. The van der Waals surface area contributed by atoms with E-state index >= 15 is 0 Å². The van der Waals surface area contributed by atoms with Gasteiger partial charge in [-0.05, 0) is 90.1 Å². The number of carbonyl (C=O) groups is 3. The molecule has 2 aromatic carbocycles. The third-order valence-electron chi connectivity index (χ3n) is 6.28. The number of fused-ring (bicyclic) bond motifs is 1. The highest BCUT2D eigenvalue weighted by Crippen LogP contribution is 2.36. The Morgan fingerprint density at radius 1 is 0.949 bits per heavy atom. The fraction of sp³-hybridized carbons (Fsp3) is 0.448. The minimum absolute atomic E-state index is 0.0458. The number of phenols is 1. The van der Waals surface area contributed by atoms with Crippen LogP contribution in [0.15, 0.2) is 42.6 Å². The summed E-state index contributed by atoms with van der Waals surface area (Å²) in [6.07, 6.45) is 2.00. The van der Waals surface area contributed by atoms with Gasteiger partial charge in [-0.15, -0.1) is 0 Å². The van der Waals surface area contributed by atoms with Crippen LogP contribution in [-0.2, 0) is 9.47 Å². The number of nitrogens with zero attached hydrogens (tertiary/aromatic N) is 3. The molecule has 1 saturated heterocycles. The maximum absolute atomic E-state index is 13.0. The van der Waals surface area contributed by atoms with Gasteiger partial charge in [0.05, 0.1) is 17.3 Å². The van der Waals surface area contributed by atoms with E-state index in [9.17, 15) is 19.5 Å². The zero-order valence-corrected chi connectivity index (χ0v) is 23.3. The van der Waals surface area contributed by atoms with E-state index in [0.717, 1.165) is 10.9 Å². The number of aromatic hydroxyl groups is 1. The summed E-state index contributed by atoms with van der Waals surface area (Å²) in [6.45, 7) is 11.9. The lowest BCUT2D eigenvalue weighted by molar-refractivity contribution is 0.0204. The summed E-state index contributed by atoms with van der Waals surface area (Å²) in [5, 5.41) is 18.1. The molecule has 1 aliphatic heterocycles. The number of hydrogen-bond donors (Lipinski definition) is 2. The summed E-state index contributed by atoms with van der Waals surface area (Å²) in [6, 6.07) is 9.82. The number of piperidine rings is 1. The van der Waals surface area contributed by atoms with Gasteiger partial charge in [0.1, 0.15) is 17.0 Å². The normalized spacial score (nSPS) is 14.8. The van der Waals surface area contributed by atoms with Gasteiger partial charge in [0.25, 0.3) is 5.91 Å². The number of carbonyl (C=O) groups excluding carboxylic acids is 3. The molecule has 2 N–H and O–H groups in total. The van der Waals surface area contributed by atoms with Gasteiger partial charge in [-0.25, -0.2) is 9.59 Å². The van der Waals surface area contributed by atoms with Gasteiger partial charge in [0, 0.05) is 24.2 Å². The SMILES string of the molecule is CC(C)(C)OC(=O)N1CCC(c2cc(NC(=O)c3ccccc3O)cc3c2cnn3C(=O)OC(C)(C)C)CC1. The van der Waals surface area contributed by atoms with Crippen molar-refractivity contribution in [3.8, 4) is 5.75 Å². The van der Waals surface area contributed by atoms with Crippen molar-refractivity contribution in [2.24, 2.45) is 0 Å². The van der Waals surface area contributed by atoms with E-state index in [0.29, 0.717) is 37.1 Å². The quantitative estimate of drug-likeness (QED) is 0.428. The van der Waals surface area contributed by atoms with Crippen LogP contribution < -0.4 is 5.32 Å². The first-order chi connectivity index (χ1) is 18.2. The van der Waals surface area contributed by atoms with Crippen LogP contribution in [0.4, 0.5) is 15.3 Å². The lowest BCUT2D eigenvalue weighted by Gasteiger charge is -2.34. The molecule has 1 aromatic heterocycles. The Morgan fingerprint density at radius 3 is 2.18 bits per heavy atom. The molecule has 0 atom stereocenters. The van der Waals surface area contributed by atoms with Crippen molar-refractivity contribution in [2.75, 3.05) is 18.4 Å². The molecule has 0 saturated carbocycles. The molecule has 39 heavy (non-hydrogen) atoms. The van der Waals surface area contributed by atoms with E-state index in [1.807, 2.05) is 26.8 Å². The molecule has 10 heteroatoms. The molecule has 0 spiro atoms. The number of amides is 2. The summed E-state index contributed by atoms with van der Waals surface area (Å²) in [5.41, 5.74) is 0.679. The summed E-state index contributed by atoms with van der Waals surface area (Å²) in [5.74, 6) is -0.574. The summed E-state index contributed by atoms with van der Waals surface area (Å²) < 4.78 is 12.3. The van der Waals surface area contributed by atoms with Crippen LogP contribution in [0, 0.1) is 0 Å². The Kier molecular flexibility index (Phi) is 7.59. The van der Waals surface area contributed by atoms with Crippen molar-refractivity contribution in [3.05, 3.63) is 53.7 Å². The number of benzene rings is 2. The first-order valence-corrected chi connectivity index (χ1v) is 13.0. The van der Waals surface area contributed by atoms with Crippen LogP contribution >= 0.6 is 0 Å². The van der Waals surface area contributed by atoms with Crippen LogP contribution in [0.1, 0.15) is 76.2 Å². The van der Waals surface area contributed by atoms with Crippen LogP contribution in [0.5, 0.6) is 5.75 Å². The van der Waals surface area contributed by atoms with Crippen LogP contribution in [0.3, 0.4) is 0 Å². The second-order valence-electron chi connectivity index (χ2n) is 11.7. The number of likely N-dealkylation sites (tertiary alicyclic amines) is 1. The van der Waals surface area contributed by atoms with Gasteiger partial charge in [-0.3, -0.25) is 4.79 Å². The minimum atomic E-state index is -0.719. The van der Waals surface area contributed by atoms with Gasteiger partial charge < -0.3 is 24.8 Å². The van der Waals surface area contributed by atoms with E-state index in [-0.39, 0.29) is 23.3 Å². The number of anilines is 1. The Bertz CT molecular complexity index is 1390. The second-order valence-corrected chi connectivity index (χ2v) is 11.7. The highest BCUT2D eigenvalue weighted by molar-refractivity contribution is 6.07. The third-order valence-corrected chi connectivity index (χ3v) is 6.28. The lowest BCUT2D eigenvalue weighted by Crippen LogP contribution is -2.41. The van der Waals surface area contributed by atoms with Crippen molar-refractivity contribution < 1.29 is 29.0 Å². The summed E-state index contributed by atoms with van der Waals surface area (Å²) >= 11 is 0. The zero-order valence-electron chi connectivity index (χ0n) is 23.3. The van der Waals surface area contributed by atoms with Gasteiger partial charge in [0.15, 0.2) is 0 Å². The van der Waals surface area contributed by atoms with Crippen LogP contribution in [-0.4, -0.2) is 62.2 Å². The monoisotopic (exact) mass is 536 g/mol. The predicted octanol–water partition coefficient (Wildman–Crippen LogP) is 5.89. The average Bonchev–Trinajstić information content (AvgIpc) is 3.26. The molecule has 208 valence electrons. The van der Waals surface area contributed by atoms with Crippen molar-refractivity contribution >= 4 is 34.7 Å². The topological polar surface area (TPSA) is 123 Å². The van der Waals surface area contributed by atoms with Crippen molar-refractivity contribution in [1.82, 2.24) is 14.7 Å². The first kappa shape index (κ1) is 27.9. The number of hydrogen-bond acceptors (Lipinski definition) is 7. The lowest BCUT2D eigenvalue weighted by atomic mass is 9.87. The number of para-hydroxylation sites is 1. The molecule has 4 rings (SSSR count). The molecule has 0 radical (unpaired) electrons. The van der Waals surface area contributed by atoms with E-state index in [1.54, 1.807) is 50.1 Å². The number of rotatable bonds is 3. The standard InChI is InChI=1S/C29H36N4O6/c1-28(2,3)38-26(36)32-13-11-18(12-14-32)21-15-19(31-25(35)20-9-7-8-10-24(20)34)16-23-22(21)17-30-33(23)27(37)39-29(4,5)6/h7-10,15-18,34H,11-14H2,1-6H3,(H,31,35). The molecule has 1 aliphatic rings. The summed E-state index contributed by atoms with van der Waals surface area (Å²) in [7, 11) is 0. The number of nitrogens with one attached hydrogen (secondary N) is 1. The van der Waals surface area contributed by atoms with E-state index in [1.165, 1.54) is 16.8 Å². The number of phenolic OH excluding ortho intramolecular Hbond substituents is 1. The third kappa shape index (κ3) is 6.68. The molecule has 0 unspecified atom stereocenters. The largest absolute Gasteiger partial charge is 0.507 e. The van der Waals surface area contributed by atoms with Crippen molar-refractivity contribution in [2.45, 2.75) is 71.5 Å². The Labute approximate surface area is 227 Å². The molecule has 1 fully saturated rings. The van der Waals surface area contributed by atoms with Crippen molar-refractivity contribution in [3.63, 3.8) is 0 Å². The molecule has 2 heterocycles. The van der Waals surface area contributed by atoms with Crippen LogP contribution in [0.25, 0.3) is 10.9 Å². The minimum Gasteiger partial charge on any atom is -0.507 e. The van der Waals surface area contributed by atoms with Gasteiger partial charge in [-0.2, -0.15) is 9.78 Å². The maximum Gasteiger partial charge on any atom is 0.435 e. The van der Waals surface area contributed by atoms with Crippen LogP contribution in [0.2, 0.25) is 0 Å². The van der Waals surface area contributed by atoms with Gasteiger partial charge in [0.2, 0.25) is 0 Å². The highest BCUT2D eigenvalue weighted by atomic mass is 16.6. The molecular weight excluding hydrogens is 500 g/mol. The Hall–Kier alpha value is -4.08. The van der Waals surface area contributed by atoms with Crippen molar-refractivity contribution in [1.29, 1.82) is 0 Å². The van der Waals surface area contributed by atoms with E-state index in [2.05, 4.69) is 10.4 Å². The van der Waals surface area contributed by atoms with Gasteiger partial charge in [-0.1, -0.05) is 12.1 Å². The Balaban J connectivity index is 1.67. The number of aromatic nitrogens is 2. The fourth-order valence-electron chi connectivity index (χ4n) is 4.58. The highest BCUT2D eigenvalue weighted by Gasteiger charge is 2.30. The smallest absolute Gasteiger partial charge is 0.435 e. The first-order valence-electron chi connectivity index (χ1n) is 13.0. The molecule has 3 aromatic rings. The zero-order chi connectivity index (χ0) is 28.5. The molecule has 10 nitrogen and oxygen atoms in total. The fourth-order valence-corrected chi connectivity index (χ4v) is 4.58. The average molecular weight is 537 g/mol. The second kappa shape index (κ2) is 10.6. The van der Waals surface area contributed by atoms with Gasteiger partial charge >= 0.3 is 12.2 Å². The molecule has 0 bridgehead atoms. The molecule has 2 amide bonds. The Morgan fingerprint density at radius 2 is 1.56 bits per heavy atom.